The van der Waals surface area contributed by atoms with Crippen LogP contribution in [0.5, 0.6) is 0 Å². The van der Waals surface area contributed by atoms with Crippen LogP contribution in [0.3, 0.4) is 0 Å². The van der Waals surface area contributed by atoms with Gasteiger partial charge >= 0.3 is 0 Å². The number of hydrogen-bond acceptors (Lipinski definition) is 3. The lowest BCUT2D eigenvalue weighted by Crippen LogP contribution is -2.29. The molecule has 0 bridgehead atoms. The molecule has 0 aliphatic rings. The number of amides is 1. The number of thioether (sulfide) groups is 1. The number of alkyl halides is 2. The van der Waals surface area contributed by atoms with Gasteiger partial charge in [-0.2, -0.15) is 8.78 Å². The average Bonchev–Trinajstić information content (AvgIpc) is 2.49. The van der Waals surface area contributed by atoms with Gasteiger partial charge in [-0.05, 0) is 36.4 Å². The van der Waals surface area contributed by atoms with Crippen molar-refractivity contribution in [2.45, 2.75) is 10.7 Å². The maximum absolute atomic E-state index is 12.2. The Morgan fingerprint density at radius 2 is 1.77 bits per heavy atom. The second kappa shape index (κ2) is 7.79. The van der Waals surface area contributed by atoms with Crippen LogP contribution in [0, 0.1) is 0 Å². The zero-order valence-electron chi connectivity index (χ0n) is 12.0. The van der Waals surface area contributed by atoms with Gasteiger partial charge in [0.05, 0.1) is 6.54 Å². The van der Waals surface area contributed by atoms with Crippen molar-refractivity contribution in [3.8, 4) is 0 Å². The smallest absolute Gasteiger partial charge is 0.288 e. The minimum absolute atomic E-state index is 0.166. The Morgan fingerprint density at radius 1 is 1.14 bits per heavy atom. The molecule has 6 heteroatoms. The predicted octanol–water partition coefficient (Wildman–Crippen LogP) is 4.08. The molecule has 2 aromatic carbocycles. The van der Waals surface area contributed by atoms with Gasteiger partial charge in [0.2, 0.25) is 5.91 Å². The first-order valence-electron chi connectivity index (χ1n) is 6.65. The normalized spacial score (nSPS) is 10.5. The molecule has 0 unspecified atom stereocenters. The number of hydrogen-bond donors (Lipinski definition) is 1. The SMILES string of the molecule is CN(CC(=O)Nc1ccc(SC(F)F)cc1)c1ccccc1. The Morgan fingerprint density at radius 3 is 2.36 bits per heavy atom. The van der Waals surface area contributed by atoms with Crippen LogP contribution in [0.1, 0.15) is 0 Å². The molecule has 1 N–H and O–H groups in total. The Hall–Kier alpha value is -2.08. The highest BCUT2D eigenvalue weighted by molar-refractivity contribution is 7.99. The third kappa shape index (κ3) is 5.04. The van der Waals surface area contributed by atoms with E-state index in [-0.39, 0.29) is 12.5 Å². The van der Waals surface area contributed by atoms with Crippen molar-refractivity contribution in [1.29, 1.82) is 0 Å². The predicted molar refractivity (Wildman–Crippen MR) is 86.6 cm³/mol. The minimum atomic E-state index is -2.44. The number of likely N-dealkylation sites (N-methyl/N-ethyl adjacent to an activating group) is 1. The molecular formula is C16H16F2N2OS. The Kier molecular flexibility index (Phi) is 5.77. The van der Waals surface area contributed by atoms with Crippen molar-refractivity contribution < 1.29 is 13.6 Å². The molecule has 116 valence electrons. The van der Waals surface area contributed by atoms with Gasteiger partial charge in [-0.1, -0.05) is 30.0 Å². The van der Waals surface area contributed by atoms with E-state index in [2.05, 4.69) is 5.32 Å². The van der Waals surface area contributed by atoms with Crippen molar-refractivity contribution in [2.75, 3.05) is 23.8 Å². The number of rotatable bonds is 6. The van der Waals surface area contributed by atoms with Gasteiger partial charge in [-0.3, -0.25) is 4.79 Å². The van der Waals surface area contributed by atoms with Crippen molar-refractivity contribution in [1.82, 2.24) is 0 Å². The van der Waals surface area contributed by atoms with Crippen LogP contribution in [-0.4, -0.2) is 25.3 Å². The van der Waals surface area contributed by atoms with Gasteiger partial charge in [0.15, 0.2) is 0 Å². The molecule has 0 radical (unpaired) electrons. The molecule has 22 heavy (non-hydrogen) atoms. The van der Waals surface area contributed by atoms with Gasteiger partial charge in [0.1, 0.15) is 0 Å². The van der Waals surface area contributed by atoms with Crippen molar-refractivity contribution >= 4 is 29.0 Å². The standard InChI is InChI=1S/C16H16F2N2OS/c1-20(13-5-3-2-4-6-13)11-15(21)19-12-7-9-14(10-8-12)22-16(17)18/h2-10,16H,11H2,1H3,(H,19,21). The maximum atomic E-state index is 12.2. The molecule has 0 fully saturated rings. The van der Waals surface area contributed by atoms with Crippen molar-refractivity contribution in [3.63, 3.8) is 0 Å². The van der Waals surface area contributed by atoms with E-state index in [0.717, 1.165) is 5.69 Å². The maximum Gasteiger partial charge on any atom is 0.288 e. The Labute approximate surface area is 132 Å². The molecule has 2 aromatic rings. The fraction of sp³-hybridized carbons (Fsp3) is 0.188. The summed E-state index contributed by atoms with van der Waals surface area (Å²) in [5.74, 6) is -2.61. The topological polar surface area (TPSA) is 32.3 Å². The second-order valence-corrected chi connectivity index (χ2v) is 5.71. The third-order valence-corrected chi connectivity index (χ3v) is 3.66. The summed E-state index contributed by atoms with van der Waals surface area (Å²) >= 11 is 0.480. The van der Waals surface area contributed by atoms with Crippen LogP contribution in [0.25, 0.3) is 0 Å². The third-order valence-electron chi connectivity index (χ3n) is 2.94. The monoisotopic (exact) mass is 322 g/mol. The van der Waals surface area contributed by atoms with Gasteiger partial charge in [-0.15, -0.1) is 0 Å². The summed E-state index contributed by atoms with van der Waals surface area (Å²) in [4.78, 5) is 14.3. The van der Waals surface area contributed by atoms with E-state index >= 15 is 0 Å². The van der Waals surface area contributed by atoms with E-state index in [1.807, 2.05) is 42.3 Å². The summed E-state index contributed by atoms with van der Waals surface area (Å²) in [5, 5.41) is 2.75. The summed E-state index contributed by atoms with van der Waals surface area (Å²) in [5.41, 5.74) is 1.53. The summed E-state index contributed by atoms with van der Waals surface area (Å²) in [6.07, 6.45) is 0. The van der Waals surface area contributed by atoms with Crippen LogP contribution < -0.4 is 10.2 Å². The molecule has 0 aromatic heterocycles. The summed E-state index contributed by atoms with van der Waals surface area (Å²) in [6, 6.07) is 15.9. The molecule has 0 aliphatic heterocycles. The number of nitrogens with one attached hydrogen (secondary N) is 1. The van der Waals surface area contributed by atoms with E-state index in [0.29, 0.717) is 22.3 Å². The van der Waals surface area contributed by atoms with Crippen LogP contribution in [0.2, 0.25) is 0 Å². The van der Waals surface area contributed by atoms with E-state index in [4.69, 9.17) is 0 Å². The highest BCUT2D eigenvalue weighted by Gasteiger charge is 2.08. The van der Waals surface area contributed by atoms with Gasteiger partial charge in [-0.25, -0.2) is 0 Å². The van der Waals surface area contributed by atoms with Crippen LogP contribution >= 0.6 is 11.8 Å². The molecule has 0 heterocycles. The molecule has 0 aliphatic carbocycles. The highest BCUT2D eigenvalue weighted by Crippen LogP contribution is 2.26. The van der Waals surface area contributed by atoms with E-state index < -0.39 is 5.76 Å². The quantitative estimate of drug-likeness (QED) is 0.814. The number of anilines is 2. The van der Waals surface area contributed by atoms with Crippen LogP contribution in [0.15, 0.2) is 59.5 Å². The van der Waals surface area contributed by atoms with Crippen LogP contribution in [0.4, 0.5) is 20.2 Å². The molecule has 0 atom stereocenters. The van der Waals surface area contributed by atoms with Gasteiger partial charge < -0.3 is 10.2 Å². The molecule has 0 saturated heterocycles. The molecular weight excluding hydrogens is 306 g/mol. The first-order valence-corrected chi connectivity index (χ1v) is 7.53. The summed E-state index contributed by atoms with van der Waals surface area (Å²) < 4.78 is 24.4. The van der Waals surface area contributed by atoms with Crippen molar-refractivity contribution in [3.05, 3.63) is 54.6 Å². The molecule has 2 rings (SSSR count). The number of benzene rings is 2. The zero-order valence-corrected chi connectivity index (χ0v) is 12.8. The fourth-order valence-corrected chi connectivity index (χ4v) is 2.41. The van der Waals surface area contributed by atoms with E-state index in [9.17, 15) is 13.6 Å². The van der Waals surface area contributed by atoms with Gasteiger partial charge in [0, 0.05) is 23.3 Å². The molecule has 0 saturated carbocycles. The lowest BCUT2D eigenvalue weighted by Gasteiger charge is -2.18. The zero-order chi connectivity index (χ0) is 15.9. The molecule has 1 amide bonds. The number of halogens is 2. The van der Waals surface area contributed by atoms with E-state index in [1.165, 1.54) is 0 Å². The minimum Gasteiger partial charge on any atom is -0.365 e. The van der Waals surface area contributed by atoms with Gasteiger partial charge in [0.25, 0.3) is 5.76 Å². The second-order valence-electron chi connectivity index (χ2n) is 4.64. The Balaban J connectivity index is 1.89. The highest BCUT2D eigenvalue weighted by atomic mass is 32.2. The molecule has 0 spiro atoms. The number of nitrogens with zero attached hydrogens (tertiary/aromatic N) is 1. The lowest BCUT2D eigenvalue weighted by atomic mass is 10.3. The average molecular weight is 322 g/mol. The lowest BCUT2D eigenvalue weighted by molar-refractivity contribution is -0.114. The first kappa shape index (κ1) is 16.3. The fourth-order valence-electron chi connectivity index (χ4n) is 1.91. The summed E-state index contributed by atoms with van der Waals surface area (Å²) in [6.45, 7) is 0.206. The number of para-hydroxylation sites is 1. The largest absolute Gasteiger partial charge is 0.365 e. The molecule has 3 nitrogen and oxygen atoms in total. The number of carbonyl (C=O) groups is 1. The Bertz CT molecular complexity index is 605. The summed E-state index contributed by atoms with van der Waals surface area (Å²) in [7, 11) is 1.83. The van der Waals surface area contributed by atoms with E-state index in [1.54, 1.807) is 24.3 Å². The van der Waals surface area contributed by atoms with Crippen LogP contribution in [-0.2, 0) is 4.79 Å². The number of carbonyl (C=O) groups excluding carboxylic acids is 1. The first-order chi connectivity index (χ1) is 10.5. The van der Waals surface area contributed by atoms with Crippen molar-refractivity contribution in [2.24, 2.45) is 0 Å².